The van der Waals surface area contributed by atoms with Crippen molar-refractivity contribution in [1.29, 1.82) is 0 Å². The number of carbonyl (C=O) groups excluding carboxylic acids is 1. The monoisotopic (exact) mass is 366 g/mol. The molecule has 4 rings (SSSR count). The van der Waals surface area contributed by atoms with Gasteiger partial charge in [-0.2, -0.15) is 4.99 Å². The maximum atomic E-state index is 12.1. The predicted octanol–water partition coefficient (Wildman–Crippen LogP) is 1.71. The highest BCUT2D eigenvalue weighted by Gasteiger charge is 2.49. The van der Waals surface area contributed by atoms with Gasteiger partial charge in [-0.3, -0.25) is 4.79 Å². The minimum Gasteiger partial charge on any atom is -0.497 e. The van der Waals surface area contributed by atoms with Crippen LogP contribution in [0.4, 0.5) is 5.69 Å². The second-order valence-electron chi connectivity index (χ2n) is 6.38. The number of ether oxygens (including phenoxy) is 1. The number of thioether (sulfide) groups is 1. The molecule has 1 aromatic rings. The Balaban J connectivity index is 1.72. The Morgan fingerprint density at radius 1 is 1.33 bits per heavy atom. The van der Waals surface area contributed by atoms with Crippen molar-refractivity contribution in [2.24, 2.45) is 10.9 Å². The second kappa shape index (κ2) is 5.77. The Labute approximate surface area is 145 Å². The Morgan fingerprint density at radius 2 is 2.12 bits per heavy atom. The largest absolute Gasteiger partial charge is 0.497 e. The van der Waals surface area contributed by atoms with Gasteiger partial charge in [-0.1, -0.05) is 17.8 Å². The van der Waals surface area contributed by atoms with E-state index in [2.05, 4.69) is 4.99 Å². The van der Waals surface area contributed by atoms with Gasteiger partial charge in [0.05, 0.1) is 24.7 Å². The van der Waals surface area contributed by atoms with E-state index in [-0.39, 0.29) is 34.6 Å². The molecule has 3 fully saturated rings. The first kappa shape index (κ1) is 16.0. The van der Waals surface area contributed by atoms with Crippen molar-refractivity contribution in [1.82, 2.24) is 0 Å². The van der Waals surface area contributed by atoms with Gasteiger partial charge in [0.1, 0.15) is 5.75 Å². The molecule has 8 heteroatoms. The number of anilines is 1. The number of hydrogen-bond donors (Lipinski definition) is 0. The lowest BCUT2D eigenvalue weighted by molar-refractivity contribution is -0.118. The van der Waals surface area contributed by atoms with Gasteiger partial charge in [0.2, 0.25) is 0 Å². The number of benzene rings is 1. The van der Waals surface area contributed by atoms with Gasteiger partial charge < -0.3 is 9.64 Å². The molecule has 128 valence electrons. The standard InChI is InChI=1S/C16H18N2O4S2/c1-22-12-4-2-3-11(7-12)18-13-8-24(20,21)9-14(13)23-16(18)17-15(19)10-5-6-10/h2-4,7,10,13-14H,5-6,8-9H2,1H3/t13-,14-/m1/s1. The number of carbonyl (C=O) groups is 1. The number of amidine groups is 1. The SMILES string of the molecule is COc1cccc(N2C(=NC(=O)C3CC3)S[C@@H]3CS(=O)(=O)C[C@H]32)c1. The van der Waals surface area contributed by atoms with Crippen LogP contribution in [0.25, 0.3) is 0 Å². The van der Waals surface area contributed by atoms with Crippen LogP contribution in [0.15, 0.2) is 29.3 Å². The topological polar surface area (TPSA) is 76.0 Å². The van der Waals surface area contributed by atoms with E-state index < -0.39 is 9.84 Å². The fourth-order valence-corrected chi connectivity index (χ4v) is 7.06. The van der Waals surface area contributed by atoms with Crippen molar-refractivity contribution in [2.45, 2.75) is 24.1 Å². The molecule has 1 amide bonds. The zero-order valence-electron chi connectivity index (χ0n) is 13.2. The number of hydrogen-bond acceptors (Lipinski definition) is 5. The van der Waals surface area contributed by atoms with Crippen molar-refractivity contribution in [2.75, 3.05) is 23.5 Å². The molecule has 0 N–H and O–H groups in total. The first-order valence-electron chi connectivity index (χ1n) is 7.90. The zero-order valence-corrected chi connectivity index (χ0v) is 14.8. The summed E-state index contributed by atoms with van der Waals surface area (Å²) in [5, 5.41) is 0.539. The molecule has 0 bridgehead atoms. The number of aliphatic imine (C=N–C) groups is 1. The summed E-state index contributed by atoms with van der Waals surface area (Å²) in [5.74, 6) is 0.884. The Kier molecular flexibility index (Phi) is 3.84. The van der Waals surface area contributed by atoms with Crippen LogP contribution in [-0.2, 0) is 14.6 Å². The second-order valence-corrected chi connectivity index (χ2v) is 9.74. The maximum absolute atomic E-state index is 12.1. The summed E-state index contributed by atoms with van der Waals surface area (Å²) < 4.78 is 29.3. The van der Waals surface area contributed by atoms with Crippen LogP contribution in [0.5, 0.6) is 5.75 Å². The fourth-order valence-electron chi connectivity index (χ4n) is 3.14. The van der Waals surface area contributed by atoms with Crippen molar-refractivity contribution < 1.29 is 17.9 Å². The van der Waals surface area contributed by atoms with Crippen LogP contribution in [0.1, 0.15) is 12.8 Å². The van der Waals surface area contributed by atoms with Gasteiger partial charge in [-0.05, 0) is 25.0 Å². The number of fused-ring (bicyclic) bond motifs is 1. The van der Waals surface area contributed by atoms with Crippen LogP contribution in [0.2, 0.25) is 0 Å². The minimum absolute atomic E-state index is 0.0504. The third-order valence-corrected chi connectivity index (χ3v) is 7.74. The molecule has 1 aliphatic carbocycles. The van der Waals surface area contributed by atoms with Crippen LogP contribution in [0, 0.1) is 5.92 Å². The molecule has 2 saturated heterocycles. The van der Waals surface area contributed by atoms with Crippen molar-refractivity contribution in [3.05, 3.63) is 24.3 Å². The summed E-state index contributed by atoms with van der Waals surface area (Å²) in [7, 11) is -1.46. The molecule has 2 aliphatic heterocycles. The molecule has 0 radical (unpaired) electrons. The summed E-state index contributed by atoms with van der Waals surface area (Å²) in [5.41, 5.74) is 0.814. The van der Waals surface area contributed by atoms with E-state index in [1.165, 1.54) is 11.8 Å². The van der Waals surface area contributed by atoms with E-state index in [0.29, 0.717) is 10.9 Å². The van der Waals surface area contributed by atoms with E-state index >= 15 is 0 Å². The average molecular weight is 366 g/mol. The smallest absolute Gasteiger partial charge is 0.251 e. The summed E-state index contributed by atoms with van der Waals surface area (Å²) in [6.45, 7) is 0. The molecule has 1 aromatic carbocycles. The van der Waals surface area contributed by atoms with Gasteiger partial charge in [-0.15, -0.1) is 0 Å². The number of sulfone groups is 1. The van der Waals surface area contributed by atoms with E-state index in [1.807, 2.05) is 29.2 Å². The predicted molar refractivity (Wildman–Crippen MR) is 94.5 cm³/mol. The molecule has 2 atom stereocenters. The first-order valence-corrected chi connectivity index (χ1v) is 10.6. The van der Waals surface area contributed by atoms with Crippen LogP contribution < -0.4 is 9.64 Å². The van der Waals surface area contributed by atoms with Crippen molar-refractivity contribution in [3.8, 4) is 5.75 Å². The van der Waals surface area contributed by atoms with E-state index in [4.69, 9.17) is 4.74 Å². The molecular weight excluding hydrogens is 348 g/mol. The van der Waals surface area contributed by atoms with Gasteiger partial charge >= 0.3 is 0 Å². The van der Waals surface area contributed by atoms with E-state index in [1.54, 1.807) is 7.11 Å². The van der Waals surface area contributed by atoms with Crippen molar-refractivity contribution >= 4 is 38.4 Å². The highest BCUT2D eigenvalue weighted by molar-refractivity contribution is 8.16. The third kappa shape index (κ3) is 2.93. The fraction of sp³-hybridized carbons (Fsp3) is 0.500. The van der Waals surface area contributed by atoms with Gasteiger partial charge in [-0.25, -0.2) is 8.42 Å². The van der Waals surface area contributed by atoms with Gasteiger partial charge in [0.15, 0.2) is 15.0 Å². The number of methoxy groups -OCH3 is 1. The lowest BCUT2D eigenvalue weighted by Gasteiger charge is -2.24. The van der Waals surface area contributed by atoms with Crippen LogP contribution >= 0.6 is 11.8 Å². The van der Waals surface area contributed by atoms with Crippen LogP contribution in [0.3, 0.4) is 0 Å². The lowest BCUT2D eigenvalue weighted by atomic mass is 10.2. The third-order valence-electron chi connectivity index (χ3n) is 4.53. The Bertz CT molecular complexity index is 817. The van der Waals surface area contributed by atoms with E-state index in [0.717, 1.165) is 18.5 Å². The van der Waals surface area contributed by atoms with Crippen molar-refractivity contribution in [3.63, 3.8) is 0 Å². The normalized spacial score (nSPS) is 29.7. The Morgan fingerprint density at radius 3 is 2.83 bits per heavy atom. The van der Waals surface area contributed by atoms with Gasteiger partial charge in [0, 0.05) is 22.9 Å². The molecule has 0 aromatic heterocycles. The summed E-state index contributed by atoms with van der Waals surface area (Å²) in [6, 6.07) is 7.26. The number of rotatable bonds is 3. The quantitative estimate of drug-likeness (QED) is 0.811. The maximum Gasteiger partial charge on any atom is 0.251 e. The zero-order chi connectivity index (χ0) is 16.9. The molecule has 2 heterocycles. The lowest BCUT2D eigenvalue weighted by Crippen LogP contribution is -2.37. The highest BCUT2D eigenvalue weighted by atomic mass is 32.2. The summed E-state index contributed by atoms with van der Waals surface area (Å²) in [4.78, 5) is 18.4. The number of amides is 1. The molecule has 0 unspecified atom stereocenters. The molecular formula is C16H18N2O4S2. The minimum atomic E-state index is -3.05. The van der Waals surface area contributed by atoms with E-state index in [9.17, 15) is 13.2 Å². The highest BCUT2D eigenvalue weighted by Crippen LogP contribution is 2.42. The molecule has 0 spiro atoms. The van der Waals surface area contributed by atoms with Gasteiger partial charge in [0.25, 0.3) is 5.91 Å². The van der Waals surface area contributed by atoms with Crippen LogP contribution in [-0.4, -0.2) is 49.4 Å². The molecule has 24 heavy (non-hydrogen) atoms. The Hall–Kier alpha value is -1.54. The number of nitrogens with zero attached hydrogens (tertiary/aromatic N) is 2. The molecule has 3 aliphatic rings. The summed E-state index contributed by atoms with van der Waals surface area (Å²) >= 11 is 1.41. The molecule has 1 saturated carbocycles. The average Bonchev–Trinajstić information content (AvgIpc) is 3.28. The first-order chi connectivity index (χ1) is 11.5. The summed E-state index contributed by atoms with van der Waals surface area (Å²) in [6.07, 6.45) is 1.81. The molecule has 6 nitrogen and oxygen atoms in total.